The van der Waals surface area contributed by atoms with Gasteiger partial charge in [-0.15, -0.1) is 12.4 Å². The van der Waals surface area contributed by atoms with Crippen LogP contribution >= 0.6 is 24.0 Å². The molecule has 2 rings (SSSR count). The van der Waals surface area contributed by atoms with E-state index in [1.807, 2.05) is 11.8 Å². The summed E-state index contributed by atoms with van der Waals surface area (Å²) in [6, 6.07) is 7.17. The van der Waals surface area contributed by atoms with Gasteiger partial charge in [-0.2, -0.15) is 0 Å². The lowest BCUT2D eigenvalue weighted by atomic mass is 10.0. The van der Waals surface area contributed by atoms with Crippen molar-refractivity contribution in [2.45, 2.75) is 19.4 Å². The Morgan fingerprint density at radius 3 is 2.56 bits per heavy atom. The molecule has 1 fully saturated rings. The topological polar surface area (TPSA) is 46.3 Å². The van der Waals surface area contributed by atoms with Crippen LogP contribution in [0.2, 0.25) is 5.02 Å². The van der Waals surface area contributed by atoms with Crippen molar-refractivity contribution in [3.63, 3.8) is 0 Å². The third-order valence-electron chi connectivity index (χ3n) is 3.35. The van der Waals surface area contributed by atoms with Crippen LogP contribution in [0.15, 0.2) is 24.3 Å². The molecule has 2 N–H and O–H groups in total. The molecule has 1 heterocycles. The number of amides is 1. The number of likely N-dealkylation sites (tertiary alicyclic amines) is 1. The highest BCUT2D eigenvalue weighted by Gasteiger charge is 2.28. The first-order valence-corrected chi connectivity index (χ1v) is 6.26. The van der Waals surface area contributed by atoms with Crippen molar-refractivity contribution in [1.29, 1.82) is 0 Å². The molecule has 1 aliphatic heterocycles. The summed E-state index contributed by atoms with van der Waals surface area (Å²) in [5.41, 5.74) is 6.56. The van der Waals surface area contributed by atoms with Crippen LogP contribution in [0.1, 0.15) is 23.7 Å². The Bertz CT molecular complexity index is 406. The summed E-state index contributed by atoms with van der Waals surface area (Å²) in [5.74, 6) is 0.496. The lowest BCUT2D eigenvalue weighted by Crippen LogP contribution is -2.32. The average molecular weight is 289 g/mol. The molecule has 0 saturated carbocycles. The highest BCUT2D eigenvalue weighted by molar-refractivity contribution is 6.30. The van der Waals surface area contributed by atoms with Crippen molar-refractivity contribution < 1.29 is 4.79 Å². The Balaban J connectivity index is 0.00000162. The first-order valence-electron chi connectivity index (χ1n) is 5.88. The Hall–Kier alpha value is -0.770. The van der Waals surface area contributed by atoms with Gasteiger partial charge in [0.05, 0.1) is 0 Å². The molecule has 0 radical (unpaired) electrons. The summed E-state index contributed by atoms with van der Waals surface area (Å²) in [5, 5.41) is 0.649. The van der Waals surface area contributed by atoms with E-state index in [0.29, 0.717) is 16.5 Å². The number of hydrogen-bond acceptors (Lipinski definition) is 2. The number of carbonyl (C=O) groups is 1. The molecule has 1 aromatic rings. The Kier molecular flexibility index (Phi) is 5.45. The van der Waals surface area contributed by atoms with Gasteiger partial charge >= 0.3 is 0 Å². The molecule has 1 aromatic carbocycles. The van der Waals surface area contributed by atoms with Gasteiger partial charge in [-0.05, 0) is 43.5 Å². The van der Waals surface area contributed by atoms with Crippen LogP contribution in [0, 0.1) is 5.92 Å². The molecule has 0 aromatic heterocycles. The quantitative estimate of drug-likeness (QED) is 0.909. The van der Waals surface area contributed by atoms with Crippen molar-refractivity contribution >= 4 is 29.9 Å². The van der Waals surface area contributed by atoms with Crippen LogP contribution in [0.4, 0.5) is 0 Å². The second-order valence-electron chi connectivity index (χ2n) is 4.67. The van der Waals surface area contributed by atoms with Gasteiger partial charge in [0.15, 0.2) is 0 Å². The molecule has 3 nitrogen and oxygen atoms in total. The Labute approximate surface area is 119 Å². The molecule has 0 aliphatic carbocycles. The maximum absolute atomic E-state index is 12.2. The maximum atomic E-state index is 12.2. The van der Waals surface area contributed by atoms with E-state index in [1.54, 1.807) is 24.3 Å². The number of halogens is 2. The summed E-state index contributed by atoms with van der Waals surface area (Å²) >= 11 is 5.80. The summed E-state index contributed by atoms with van der Waals surface area (Å²) in [6.07, 6.45) is 0.997. The molecule has 1 saturated heterocycles. The van der Waals surface area contributed by atoms with Crippen LogP contribution in [-0.2, 0) is 0 Å². The third kappa shape index (κ3) is 3.37. The number of benzene rings is 1. The van der Waals surface area contributed by atoms with Crippen molar-refractivity contribution in [1.82, 2.24) is 4.90 Å². The molecule has 1 aliphatic rings. The normalized spacial score (nSPS) is 20.4. The maximum Gasteiger partial charge on any atom is 0.253 e. The molecule has 2 atom stereocenters. The van der Waals surface area contributed by atoms with E-state index in [4.69, 9.17) is 17.3 Å². The molecule has 0 bridgehead atoms. The van der Waals surface area contributed by atoms with Crippen LogP contribution in [0.5, 0.6) is 0 Å². The Morgan fingerprint density at radius 2 is 2.06 bits per heavy atom. The summed E-state index contributed by atoms with van der Waals surface area (Å²) in [6.45, 7) is 3.56. The SMILES string of the molecule is CC(N)C1CCN(C(=O)c2ccc(Cl)cc2)C1.Cl. The molecule has 1 amide bonds. The fourth-order valence-electron chi connectivity index (χ4n) is 2.18. The van der Waals surface area contributed by atoms with E-state index < -0.39 is 0 Å². The van der Waals surface area contributed by atoms with Gasteiger partial charge in [0.1, 0.15) is 0 Å². The predicted molar refractivity (Wildman–Crippen MR) is 76.4 cm³/mol. The fraction of sp³-hybridized carbons (Fsp3) is 0.462. The number of rotatable bonds is 2. The second-order valence-corrected chi connectivity index (χ2v) is 5.10. The van der Waals surface area contributed by atoms with Crippen LogP contribution in [0.25, 0.3) is 0 Å². The van der Waals surface area contributed by atoms with E-state index in [9.17, 15) is 4.79 Å². The predicted octanol–water partition coefficient (Wildman–Crippen LogP) is 2.57. The zero-order chi connectivity index (χ0) is 12.4. The summed E-state index contributed by atoms with van der Waals surface area (Å²) < 4.78 is 0. The van der Waals surface area contributed by atoms with E-state index in [1.165, 1.54) is 0 Å². The fourth-order valence-corrected chi connectivity index (χ4v) is 2.30. The minimum Gasteiger partial charge on any atom is -0.338 e. The highest BCUT2D eigenvalue weighted by atomic mass is 35.5. The van der Waals surface area contributed by atoms with Gasteiger partial charge in [0.2, 0.25) is 0 Å². The van der Waals surface area contributed by atoms with E-state index in [2.05, 4.69) is 0 Å². The lowest BCUT2D eigenvalue weighted by Gasteiger charge is -2.18. The highest BCUT2D eigenvalue weighted by Crippen LogP contribution is 2.21. The van der Waals surface area contributed by atoms with Crippen molar-refractivity contribution in [2.75, 3.05) is 13.1 Å². The largest absolute Gasteiger partial charge is 0.338 e. The second kappa shape index (κ2) is 6.41. The summed E-state index contributed by atoms with van der Waals surface area (Å²) in [7, 11) is 0. The standard InChI is InChI=1S/C13H17ClN2O.ClH/c1-9(15)11-6-7-16(8-11)13(17)10-2-4-12(14)5-3-10;/h2-5,9,11H,6-8,15H2,1H3;1H. The smallest absolute Gasteiger partial charge is 0.253 e. The third-order valence-corrected chi connectivity index (χ3v) is 3.60. The first kappa shape index (κ1) is 15.3. The Morgan fingerprint density at radius 1 is 1.44 bits per heavy atom. The number of carbonyl (C=O) groups excluding carboxylic acids is 1. The van der Waals surface area contributed by atoms with Crippen molar-refractivity contribution in [3.05, 3.63) is 34.9 Å². The van der Waals surface area contributed by atoms with Crippen molar-refractivity contribution in [3.8, 4) is 0 Å². The zero-order valence-corrected chi connectivity index (χ0v) is 11.9. The minimum atomic E-state index is 0. The molecule has 5 heteroatoms. The number of nitrogens with zero attached hydrogens (tertiary/aromatic N) is 1. The molecular formula is C13H18Cl2N2O. The molecule has 2 unspecified atom stereocenters. The van der Waals surface area contributed by atoms with Gasteiger partial charge in [0, 0.05) is 29.7 Å². The molecule has 100 valence electrons. The van der Waals surface area contributed by atoms with Crippen LogP contribution < -0.4 is 5.73 Å². The molecule has 0 spiro atoms. The molecule has 18 heavy (non-hydrogen) atoms. The van der Waals surface area contributed by atoms with Gasteiger partial charge in [-0.1, -0.05) is 11.6 Å². The average Bonchev–Trinajstić information content (AvgIpc) is 2.78. The lowest BCUT2D eigenvalue weighted by molar-refractivity contribution is 0.0786. The van der Waals surface area contributed by atoms with E-state index in [0.717, 1.165) is 19.5 Å². The van der Waals surface area contributed by atoms with Crippen LogP contribution in [-0.4, -0.2) is 29.9 Å². The number of nitrogens with two attached hydrogens (primary N) is 1. The van der Waals surface area contributed by atoms with Crippen molar-refractivity contribution in [2.24, 2.45) is 11.7 Å². The summed E-state index contributed by atoms with van der Waals surface area (Å²) in [4.78, 5) is 14.0. The zero-order valence-electron chi connectivity index (χ0n) is 10.3. The van der Waals surface area contributed by atoms with Crippen LogP contribution in [0.3, 0.4) is 0 Å². The van der Waals surface area contributed by atoms with Gasteiger partial charge < -0.3 is 10.6 Å². The first-order chi connectivity index (χ1) is 8.08. The van der Waals surface area contributed by atoms with E-state index >= 15 is 0 Å². The monoisotopic (exact) mass is 288 g/mol. The molecular weight excluding hydrogens is 271 g/mol. The minimum absolute atomic E-state index is 0. The van der Waals surface area contributed by atoms with Gasteiger partial charge in [-0.3, -0.25) is 4.79 Å². The number of hydrogen-bond donors (Lipinski definition) is 1. The van der Waals surface area contributed by atoms with Gasteiger partial charge in [0.25, 0.3) is 5.91 Å². The van der Waals surface area contributed by atoms with Gasteiger partial charge in [-0.25, -0.2) is 0 Å². The van der Waals surface area contributed by atoms with E-state index in [-0.39, 0.29) is 24.4 Å².